The summed E-state index contributed by atoms with van der Waals surface area (Å²) in [4.78, 5) is 4.22. The average Bonchev–Trinajstić information content (AvgIpc) is 2.93. The first-order valence-corrected chi connectivity index (χ1v) is 7.58. The van der Waals surface area contributed by atoms with Gasteiger partial charge < -0.3 is 0 Å². The first-order chi connectivity index (χ1) is 9.85. The van der Waals surface area contributed by atoms with Gasteiger partial charge in [0.1, 0.15) is 0 Å². The number of hydrogen-bond donors (Lipinski definition) is 2. The summed E-state index contributed by atoms with van der Waals surface area (Å²) in [5.41, 5.74) is 5.27. The lowest BCUT2D eigenvalue weighted by atomic mass is 9.72. The molecule has 1 saturated carbocycles. The molecule has 0 spiro atoms. The zero-order valence-corrected chi connectivity index (χ0v) is 12.0. The number of nitrogens with two attached hydrogens (primary N) is 1. The van der Waals surface area contributed by atoms with Crippen LogP contribution >= 0.6 is 0 Å². The first kappa shape index (κ1) is 13.5. The SMILES string of the molecule is CCC1CCCCC1C(NN)c1cnn2ccncc12. The van der Waals surface area contributed by atoms with Gasteiger partial charge in [-0.1, -0.05) is 32.6 Å². The van der Waals surface area contributed by atoms with E-state index in [1.807, 2.05) is 23.1 Å². The van der Waals surface area contributed by atoms with E-state index in [0.29, 0.717) is 5.92 Å². The minimum absolute atomic E-state index is 0.168. The standard InChI is InChI=1S/C15H23N5/c1-2-11-5-3-4-6-12(11)15(19-16)13-9-18-20-8-7-17-10-14(13)20/h7-12,15,19H,2-6,16H2,1H3. The van der Waals surface area contributed by atoms with Crippen molar-refractivity contribution < 1.29 is 0 Å². The Balaban J connectivity index is 1.96. The van der Waals surface area contributed by atoms with Gasteiger partial charge in [0.2, 0.25) is 0 Å². The van der Waals surface area contributed by atoms with Gasteiger partial charge in [-0.05, 0) is 18.3 Å². The van der Waals surface area contributed by atoms with Gasteiger partial charge in [-0.2, -0.15) is 5.10 Å². The second-order valence-electron chi connectivity index (χ2n) is 5.77. The van der Waals surface area contributed by atoms with Crippen LogP contribution in [0.1, 0.15) is 50.6 Å². The lowest BCUT2D eigenvalue weighted by Crippen LogP contribution is -2.38. The fraction of sp³-hybridized carbons (Fsp3) is 0.600. The number of hydrogen-bond acceptors (Lipinski definition) is 4. The first-order valence-electron chi connectivity index (χ1n) is 7.58. The Hall–Kier alpha value is -1.46. The molecule has 1 aliphatic carbocycles. The third-order valence-electron chi connectivity index (χ3n) is 4.79. The number of nitrogens with one attached hydrogen (secondary N) is 1. The second kappa shape index (κ2) is 5.89. The molecule has 108 valence electrons. The Kier molecular flexibility index (Phi) is 3.98. The van der Waals surface area contributed by atoms with Crippen LogP contribution in [-0.4, -0.2) is 14.6 Å². The van der Waals surface area contributed by atoms with E-state index in [1.165, 1.54) is 37.7 Å². The van der Waals surface area contributed by atoms with Crippen LogP contribution in [0.25, 0.3) is 5.52 Å². The fourth-order valence-electron chi connectivity index (χ4n) is 3.72. The van der Waals surface area contributed by atoms with Crippen LogP contribution in [0.3, 0.4) is 0 Å². The van der Waals surface area contributed by atoms with Crippen molar-refractivity contribution in [1.29, 1.82) is 0 Å². The normalized spacial score (nSPS) is 24.9. The van der Waals surface area contributed by atoms with E-state index in [2.05, 4.69) is 22.4 Å². The van der Waals surface area contributed by atoms with E-state index >= 15 is 0 Å². The van der Waals surface area contributed by atoms with Gasteiger partial charge in [0.05, 0.1) is 24.0 Å². The van der Waals surface area contributed by atoms with E-state index in [0.717, 1.165) is 11.4 Å². The third kappa shape index (κ3) is 2.31. The van der Waals surface area contributed by atoms with Crippen LogP contribution in [0.5, 0.6) is 0 Å². The lowest BCUT2D eigenvalue weighted by molar-refractivity contribution is 0.176. The molecule has 2 heterocycles. The van der Waals surface area contributed by atoms with Gasteiger partial charge in [0.25, 0.3) is 0 Å². The molecule has 5 heteroatoms. The summed E-state index contributed by atoms with van der Waals surface area (Å²) in [5, 5.41) is 4.41. The highest BCUT2D eigenvalue weighted by Crippen LogP contribution is 2.40. The van der Waals surface area contributed by atoms with Crippen molar-refractivity contribution in [3.8, 4) is 0 Å². The Bertz CT molecular complexity index is 564. The molecule has 0 bridgehead atoms. The predicted molar refractivity (Wildman–Crippen MR) is 78.8 cm³/mol. The molecular formula is C15H23N5. The second-order valence-corrected chi connectivity index (χ2v) is 5.77. The summed E-state index contributed by atoms with van der Waals surface area (Å²) in [6, 6.07) is 0.168. The highest BCUT2D eigenvalue weighted by atomic mass is 15.3. The third-order valence-corrected chi connectivity index (χ3v) is 4.79. The van der Waals surface area contributed by atoms with E-state index in [1.54, 1.807) is 6.20 Å². The molecule has 0 amide bonds. The molecular weight excluding hydrogens is 250 g/mol. The molecule has 2 aromatic heterocycles. The quantitative estimate of drug-likeness (QED) is 0.663. The summed E-state index contributed by atoms with van der Waals surface area (Å²) < 4.78 is 1.87. The van der Waals surface area contributed by atoms with Crippen LogP contribution in [0.4, 0.5) is 0 Å². The maximum absolute atomic E-state index is 5.90. The zero-order valence-electron chi connectivity index (χ0n) is 12.0. The van der Waals surface area contributed by atoms with E-state index in [4.69, 9.17) is 5.84 Å². The number of nitrogens with zero attached hydrogens (tertiary/aromatic N) is 3. The molecule has 3 N–H and O–H groups in total. The number of hydrazine groups is 1. The maximum Gasteiger partial charge on any atom is 0.0893 e. The van der Waals surface area contributed by atoms with Crippen LogP contribution in [0.2, 0.25) is 0 Å². The van der Waals surface area contributed by atoms with Crippen LogP contribution in [-0.2, 0) is 0 Å². The van der Waals surface area contributed by atoms with Crippen molar-refractivity contribution in [1.82, 2.24) is 20.0 Å². The van der Waals surface area contributed by atoms with Gasteiger partial charge in [-0.25, -0.2) is 4.52 Å². The molecule has 3 unspecified atom stereocenters. The predicted octanol–water partition coefficient (Wildman–Crippen LogP) is 2.45. The van der Waals surface area contributed by atoms with Gasteiger partial charge >= 0.3 is 0 Å². The summed E-state index contributed by atoms with van der Waals surface area (Å²) in [7, 11) is 0. The zero-order chi connectivity index (χ0) is 13.9. The molecule has 1 fully saturated rings. The van der Waals surface area contributed by atoms with E-state index < -0.39 is 0 Å². The van der Waals surface area contributed by atoms with Gasteiger partial charge in [0.15, 0.2) is 0 Å². The van der Waals surface area contributed by atoms with Gasteiger partial charge in [0, 0.05) is 18.0 Å². The highest BCUT2D eigenvalue weighted by molar-refractivity contribution is 5.53. The summed E-state index contributed by atoms with van der Waals surface area (Å²) in [6.45, 7) is 2.29. The van der Waals surface area contributed by atoms with Gasteiger partial charge in [-0.15, -0.1) is 0 Å². The number of fused-ring (bicyclic) bond motifs is 1. The van der Waals surface area contributed by atoms with Crippen molar-refractivity contribution in [2.45, 2.75) is 45.1 Å². The van der Waals surface area contributed by atoms with E-state index in [-0.39, 0.29) is 6.04 Å². The minimum atomic E-state index is 0.168. The largest absolute Gasteiger partial charge is 0.271 e. The summed E-state index contributed by atoms with van der Waals surface area (Å²) in [5.74, 6) is 7.23. The maximum atomic E-state index is 5.90. The van der Waals surface area contributed by atoms with Crippen LogP contribution < -0.4 is 11.3 Å². The van der Waals surface area contributed by atoms with Crippen LogP contribution in [0.15, 0.2) is 24.8 Å². The lowest BCUT2D eigenvalue weighted by Gasteiger charge is -2.36. The Morgan fingerprint density at radius 1 is 1.40 bits per heavy atom. The van der Waals surface area contributed by atoms with E-state index in [9.17, 15) is 0 Å². The number of rotatable bonds is 4. The fourth-order valence-corrected chi connectivity index (χ4v) is 3.72. The molecule has 2 aromatic rings. The molecule has 0 aliphatic heterocycles. The molecule has 0 aromatic carbocycles. The van der Waals surface area contributed by atoms with Crippen LogP contribution in [0, 0.1) is 11.8 Å². The van der Waals surface area contributed by atoms with Crippen molar-refractivity contribution in [3.63, 3.8) is 0 Å². The molecule has 20 heavy (non-hydrogen) atoms. The summed E-state index contributed by atoms with van der Waals surface area (Å²) >= 11 is 0. The average molecular weight is 273 g/mol. The summed E-state index contributed by atoms with van der Waals surface area (Å²) in [6.07, 6.45) is 13.9. The Morgan fingerprint density at radius 2 is 2.25 bits per heavy atom. The molecule has 5 nitrogen and oxygen atoms in total. The monoisotopic (exact) mass is 273 g/mol. The van der Waals surface area contributed by atoms with Crippen molar-refractivity contribution in [3.05, 3.63) is 30.4 Å². The Labute approximate surface area is 119 Å². The minimum Gasteiger partial charge on any atom is -0.271 e. The molecule has 3 atom stereocenters. The van der Waals surface area contributed by atoms with Crippen molar-refractivity contribution in [2.75, 3.05) is 0 Å². The van der Waals surface area contributed by atoms with Gasteiger partial charge in [-0.3, -0.25) is 16.3 Å². The smallest absolute Gasteiger partial charge is 0.0893 e. The van der Waals surface area contributed by atoms with Crippen molar-refractivity contribution >= 4 is 5.52 Å². The number of aromatic nitrogens is 3. The molecule has 3 rings (SSSR count). The molecule has 0 radical (unpaired) electrons. The molecule has 1 aliphatic rings. The Morgan fingerprint density at radius 3 is 3.05 bits per heavy atom. The van der Waals surface area contributed by atoms with Crippen molar-refractivity contribution in [2.24, 2.45) is 17.7 Å². The molecule has 0 saturated heterocycles. The highest BCUT2D eigenvalue weighted by Gasteiger charge is 2.32. The topological polar surface area (TPSA) is 68.2 Å².